The van der Waals surface area contributed by atoms with Crippen molar-refractivity contribution in [3.05, 3.63) is 82.9 Å². The number of hydrogen-bond acceptors (Lipinski definition) is 5. The SMILES string of the molecule is CCOC(=O)COc1ccc(-c2c3ccccc3cc3ccccc23)cc1[N+](=O)[O-]. The fraction of sp³-hybridized carbons (Fsp3) is 0.125. The average Bonchev–Trinajstić information content (AvgIpc) is 2.76. The van der Waals surface area contributed by atoms with Crippen LogP contribution in [0, 0.1) is 10.1 Å². The van der Waals surface area contributed by atoms with Gasteiger partial charge in [0.1, 0.15) is 0 Å². The first-order valence-corrected chi connectivity index (χ1v) is 9.56. The number of benzene rings is 4. The third-order valence-corrected chi connectivity index (χ3v) is 4.87. The van der Waals surface area contributed by atoms with Crippen molar-refractivity contribution in [2.24, 2.45) is 0 Å². The van der Waals surface area contributed by atoms with Gasteiger partial charge in [-0.1, -0.05) is 54.6 Å². The smallest absolute Gasteiger partial charge is 0.344 e. The molecule has 0 fully saturated rings. The maximum absolute atomic E-state index is 11.7. The van der Waals surface area contributed by atoms with Gasteiger partial charge in [-0.25, -0.2) is 4.79 Å². The molecular formula is C24H19NO5. The predicted molar refractivity (Wildman–Crippen MR) is 116 cm³/mol. The molecule has 0 aromatic heterocycles. The molecule has 0 amide bonds. The van der Waals surface area contributed by atoms with Crippen molar-refractivity contribution in [3.8, 4) is 16.9 Å². The highest BCUT2D eigenvalue weighted by molar-refractivity contribution is 6.12. The van der Waals surface area contributed by atoms with Gasteiger partial charge in [-0.05, 0) is 51.7 Å². The highest BCUT2D eigenvalue weighted by atomic mass is 16.6. The fourth-order valence-electron chi connectivity index (χ4n) is 3.60. The van der Waals surface area contributed by atoms with Gasteiger partial charge < -0.3 is 9.47 Å². The third kappa shape index (κ3) is 3.67. The number of nitro benzene ring substituents is 1. The van der Waals surface area contributed by atoms with Gasteiger partial charge >= 0.3 is 11.7 Å². The van der Waals surface area contributed by atoms with Crippen molar-refractivity contribution in [2.45, 2.75) is 6.92 Å². The van der Waals surface area contributed by atoms with Crippen molar-refractivity contribution >= 4 is 33.2 Å². The Kier molecular flexibility index (Phi) is 5.30. The Balaban J connectivity index is 1.86. The molecule has 4 rings (SSSR count). The van der Waals surface area contributed by atoms with Gasteiger partial charge in [-0.15, -0.1) is 0 Å². The molecule has 0 N–H and O–H groups in total. The van der Waals surface area contributed by atoms with Crippen molar-refractivity contribution < 1.29 is 19.2 Å². The topological polar surface area (TPSA) is 78.7 Å². The van der Waals surface area contributed by atoms with E-state index in [0.29, 0.717) is 5.56 Å². The van der Waals surface area contributed by atoms with E-state index in [4.69, 9.17) is 9.47 Å². The first kappa shape index (κ1) is 19.4. The number of carbonyl (C=O) groups is 1. The Morgan fingerprint density at radius 2 is 1.57 bits per heavy atom. The Morgan fingerprint density at radius 1 is 0.933 bits per heavy atom. The van der Waals surface area contributed by atoms with E-state index in [2.05, 4.69) is 6.07 Å². The molecule has 0 spiro atoms. The summed E-state index contributed by atoms with van der Waals surface area (Å²) >= 11 is 0. The molecule has 4 aromatic carbocycles. The molecule has 0 unspecified atom stereocenters. The maximum atomic E-state index is 11.7. The van der Waals surface area contributed by atoms with Gasteiger partial charge in [0.2, 0.25) is 0 Å². The van der Waals surface area contributed by atoms with Gasteiger partial charge in [-0.3, -0.25) is 10.1 Å². The number of carbonyl (C=O) groups excluding carboxylic acids is 1. The molecule has 30 heavy (non-hydrogen) atoms. The highest BCUT2D eigenvalue weighted by Crippen LogP contribution is 2.39. The number of nitro groups is 1. The van der Waals surface area contributed by atoms with Gasteiger partial charge in [0, 0.05) is 6.07 Å². The summed E-state index contributed by atoms with van der Waals surface area (Å²) in [5.74, 6) is -0.544. The minimum absolute atomic E-state index is 0.0290. The van der Waals surface area contributed by atoms with Crippen LogP contribution in [0.5, 0.6) is 5.75 Å². The molecule has 0 saturated carbocycles. The van der Waals surface area contributed by atoms with Crippen LogP contribution in [-0.2, 0) is 9.53 Å². The molecule has 0 aliphatic heterocycles. The molecule has 0 bridgehead atoms. The molecule has 0 heterocycles. The zero-order valence-corrected chi connectivity index (χ0v) is 16.3. The van der Waals surface area contributed by atoms with Crippen LogP contribution in [0.4, 0.5) is 5.69 Å². The van der Waals surface area contributed by atoms with E-state index < -0.39 is 10.9 Å². The zero-order valence-electron chi connectivity index (χ0n) is 16.3. The summed E-state index contributed by atoms with van der Waals surface area (Å²) < 4.78 is 10.2. The quantitative estimate of drug-likeness (QED) is 0.184. The first-order valence-electron chi connectivity index (χ1n) is 9.56. The molecule has 150 valence electrons. The van der Waals surface area contributed by atoms with Crippen LogP contribution in [-0.4, -0.2) is 24.1 Å². The second-order valence-corrected chi connectivity index (χ2v) is 6.73. The maximum Gasteiger partial charge on any atom is 0.344 e. The van der Waals surface area contributed by atoms with E-state index in [0.717, 1.165) is 27.1 Å². The van der Waals surface area contributed by atoms with E-state index >= 15 is 0 Å². The lowest BCUT2D eigenvalue weighted by Gasteiger charge is -2.13. The predicted octanol–water partition coefficient (Wildman–Crippen LogP) is 5.51. The summed E-state index contributed by atoms with van der Waals surface area (Å²) in [5, 5.41) is 15.8. The van der Waals surface area contributed by atoms with Crippen LogP contribution in [0.1, 0.15) is 6.92 Å². The summed E-state index contributed by atoms with van der Waals surface area (Å²) in [5.41, 5.74) is 1.43. The zero-order chi connectivity index (χ0) is 21.1. The minimum Gasteiger partial charge on any atom is -0.475 e. The van der Waals surface area contributed by atoms with Crippen LogP contribution < -0.4 is 4.74 Å². The van der Waals surface area contributed by atoms with Crippen LogP contribution >= 0.6 is 0 Å². The van der Waals surface area contributed by atoms with E-state index in [1.54, 1.807) is 13.0 Å². The minimum atomic E-state index is -0.573. The van der Waals surface area contributed by atoms with Crippen LogP contribution in [0.2, 0.25) is 0 Å². The van der Waals surface area contributed by atoms with E-state index in [9.17, 15) is 14.9 Å². The molecule has 6 heteroatoms. The molecule has 0 aliphatic rings. The number of hydrogen-bond donors (Lipinski definition) is 0. The Hall–Kier alpha value is -3.93. The normalized spacial score (nSPS) is 10.8. The van der Waals surface area contributed by atoms with Gasteiger partial charge in [-0.2, -0.15) is 0 Å². The van der Waals surface area contributed by atoms with Crippen LogP contribution in [0.15, 0.2) is 72.8 Å². The highest BCUT2D eigenvalue weighted by Gasteiger charge is 2.20. The lowest BCUT2D eigenvalue weighted by Crippen LogP contribution is -2.15. The molecule has 6 nitrogen and oxygen atoms in total. The van der Waals surface area contributed by atoms with Gasteiger partial charge in [0.05, 0.1) is 11.5 Å². The second kappa shape index (κ2) is 8.21. The van der Waals surface area contributed by atoms with Crippen molar-refractivity contribution in [3.63, 3.8) is 0 Å². The standard InChI is InChI=1S/C24H19NO5/c1-2-29-23(26)15-30-22-12-11-18(14-21(22)25(27)28)24-19-9-5-3-7-16(19)13-17-8-4-6-10-20(17)24/h3-14H,2,15H2,1H3. The monoisotopic (exact) mass is 401 g/mol. The number of esters is 1. The number of rotatable bonds is 6. The second-order valence-electron chi connectivity index (χ2n) is 6.73. The summed E-state index contributed by atoms with van der Waals surface area (Å²) in [6.07, 6.45) is 0. The third-order valence-electron chi connectivity index (χ3n) is 4.87. The Morgan fingerprint density at radius 3 is 2.17 bits per heavy atom. The van der Waals surface area contributed by atoms with Crippen LogP contribution in [0.3, 0.4) is 0 Å². The molecular weight excluding hydrogens is 382 g/mol. The Bertz CT molecular complexity index is 1210. The average molecular weight is 401 g/mol. The van der Waals surface area contributed by atoms with E-state index in [1.165, 1.54) is 12.1 Å². The summed E-state index contributed by atoms with van der Waals surface area (Å²) in [6.45, 7) is 1.52. The lowest BCUT2D eigenvalue weighted by atomic mass is 9.92. The first-order chi connectivity index (χ1) is 14.6. The summed E-state index contributed by atoms with van der Waals surface area (Å²) in [6, 6.07) is 22.8. The van der Waals surface area contributed by atoms with Crippen molar-refractivity contribution in [1.82, 2.24) is 0 Å². The Labute approximate surface area is 172 Å². The van der Waals surface area contributed by atoms with Crippen molar-refractivity contribution in [1.29, 1.82) is 0 Å². The lowest BCUT2D eigenvalue weighted by molar-refractivity contribution is -0.385. The fourth-order valence-corrected chi connectivity index (χ4v) is 3.60. The molecule has 0 radical (unpaired) electrons. The largest absolute Gasteiger partial charge is 0.475 e. The van der Waals surface area contributed by atoms with Crippen molar-refractivity contribution in [2.75, 3.05) is 13.2 Å². The molecule has 0 saturated heterocycles. The molecule has 0 atom stereocenters. The van der Waals surface area contributed by atoms with Crippen LogP contribution in [0.25, 0.3) is 32.7 Å². The number of nitrogens with zero attached hydrogens (tertiary/aromatic N) is 1. The number of ether oxygens (including phenoxy) is 2. The van der Waals surface area contributed by atoms with Gasteiger partial charge in [0.25, 0.3) is 0 Å². The number of fused-ring (bicyclic) bond motifs is 2. The molecule has 0 aliphatic carbocycles. The molecule has 4 aromatic rings. The van der Waals surface area contributed by atoms with E-state index in [1.807, 2.05) is 48.5 Å². The summed E-state index contributed by atoms with van der Waals surface area (Å²) in [4.78, 5) is 22.8. The van der Waals surface area contributed by atoms with E-state index in [-0.39, 0.29) is 24.7 Å². The summed E-state index contributed by atoms with van der Waals surface area (Å²) in [7, 11) is 0. The van der Waals surface area contributed by atoms with Gasteiger partial charge in [0.15, 0.2) is 12.4 Å².